The normalized spacial score (nSPS) is 11.8. The summed E-state index contributed by atoms with van der Waals surface area (Å²) in [5, 5.41) is 11.8. The van der Waals surface area contributed by atoms with Crippen LogP contribution >= 0.6 is 0 Å². The van der Waals surface area contributed by atoms with Gasteiger partial charge in [-0.15, -0.1) is 0 Å². The number of benzene rings is 1. The second-order valence-corrected chi connectivity index (χ2v) is 3.63. The lowest BCUT2D eigenvalue weighted by atomic mass is 10.1. The van der Waals surface area contributed by atoms with Gasteiger partial charge in [-0.2, -0.15) is 0 Å². The number of primary amides is 1. The first-order valence-electron chi connectivity index (χ1n) is 5.13. The number of hydrogen-bond acceptors (Lipinski definition) is 4. The number of nitrogens with one attached hydrogen (secondary N) is 1. The summed E-state index contributed by atoms with van der Waals surface area (Å²) in [5.41, 5.74) is 11.6. The maximum atomic E-state index is 11.0. The molecule has 0 fully saturated rings. The smallest absolute Gasteiger partial charge is 0.326 e. The minimum atomic E-state index is -1.05. The van der Waals surface area contributed by atoms with Crippen molar-refractivity contribution in [3.05, 3.63) is 24.3 Å². The minimum Gasteiger partial charge on any atom is -0.480 e. The molecule has 0 aromatic heterocycles. The van der Waals surface area contributed by atoms with E-state index in [0.717, 1.165) is 0 Å². The Kier molecular flexibility index (Phi) is 4.33. The topological polar surface area (TPSA) is 118 Å². The van der Waals surface area contributed by atoms with Crippen LogP contribution in [0.15, 0.2) is 24.3 Å². The van der Waals surface area contributed by atoms with Gasteiger partial charge in [0.25, 0.3) is 0 Å². The SMILES string of the molecule is NC(=O)CCC(Nc1ccccc1N)C(=O)O. The molecule has 0 aliphatic heterocycles. The van der Waals surface area contributed by atoms with Crippen molar-refractivity contribution >= 4 is 23.3 Å². The lowest BCUT2D eigenvalue weighted by molar-refractivity contribution is -0.138. The standard InChI is InChI=1S/C11H15N3O3/c12-7-3-1-2-4-8(7)14-9(11(16)17)5-6-10(13)15/h1-4,9,14H,5-6,12H2,(H2,13,15)(H,16,17). The summed E-state index contributed by atoms with van der Waals surface area (Å²) < 4.78 is 0. The highest BCUT2D eigenvalue weighted by Crippen LogP contribution is 2.19. The average Bonchev–Trinajstić information content (AvgIpc) is 2.25. The van der Waals surface area contributed by atoms with Crippen LogP contribution < -0.4 is 16.8 Å². The zero-order valence-corrected chi connectivity index (χ0v) is 9.22. The Balaban J connectivity index is 2.70. The molecule has 1 amide bonds. The van der Waals surface area contributed by atoms with Crippen LogP contribution in [0.4, 0.5) is 11.4 Å². The van der Waals surface area contributed by atoms with Gasteiger partial charge in [0.05, 0.1) is 11.4 Å². The first kappa shape index (κ1) is 12.8. The van der Waals surface area contributed by atoms with Gasteiger partial charge in [-0.1, -0.05) is 12.1 Å². The Morgan fingerprint density at radius 1 is 1.35 bits per heavy atom. The van der Waals surface area contributed by atoms with E-state index in [2.05, 4.69) is 5.32 Å². The summed E-state index contributed by atoms with van der Waals surface area (Å²) in [6.45, 7) is 0. The quantitative estimate of drug-likeness (QED) is 0.534. The molecule has 6 N–H and O–H groups in total. The van der Waals surface area contributed by atoms with E-state index in [4.69, 9.17) is 16.6 Å². The average molecular weight is 237 g/mol. The molecule has 0 saturated heterocycles. The van der Waals surface area contributed by atoms with E-state index in [-0.39, 0.29) is 12.8 Å². The highest BCUT2D eigenvalue weighted by atomic mass is 16.4. The van der Waals surface area contributed by atoms with Crippen LogP contribution in [0.3, 0.4) is 0 Å². The molecule has 0 aliphatic carbocycles. The predicted octanol–water partition coefficient (Wildman–Crippen LogP) is 0.399. The maximum Gasteiger partial charge on any atom is 0.326 e. The van der Waals surface area contributed by atoms with Crippen LogP contribution in [0.1, 0.15) is 12.8 Å². The van der Waals surface area contributed by atoms with Gasteiger partial charge >= 0.3 is 5.97 Å². The van der Waals surface area contributed by atoms with E-state index >= 15 is 0 Å². The van der Waals surface area contributed by atoms with Gasteiger partial charge in [-0.05, 0) is 18.6 Å². The number of nitrogen functional groups attached to an aromatic ring is 1. The van der Waals surface area contributed by atoms with Crippen molar-refractivity contribution in [2.45, 2.75) is 18.9 Å². The zero-order chi connectivity index (χ0) is 12.8. The zero-order valence-electron chi connectivity index (χ0n) is 9.22. The van der Waals surface area contributed by atoms with Crippen molar-refractivity contribution in [2.75, 3.05) is 11.1 Å². The summed E-state index contributed by atoms with van der Waals surface area (Å²) in [5.74, 6) is -1.58. The van der Waals surface area contributed by atoms with Crippen LogP contribution in [0, 0.1) is 0 Å². The number of rotatable bonds is 6. The lowest BCUT2D eigenvalue weighted by Gasteiger charge is -2.16. The summed E-state index contributed by atoms with van der Waals surface area (Å²) >= 11 is 0. The molecule has 6 nitrogen and oxygen atoms in total. The molecule has 1 unspecified atom stereocenters. The molecular formula is C11H15N3O3. The molecule has 0 saturated carbocycles. The molecule has 1 aromatic rings. The number of carbonyl (C=O) groups is 2. The number of carboxylic acids is 1. The van der Waals surface area contributed by atoms with Gasteiger partial charge in [-0.3, -0.25) is 4.79 Å². The first-order valence-corrected chi connectivity index (χ1v) is 5.13. The highest BCUT2D eigenvalue weighted by Gasteiger charge is 2.18. The van der Waals surface area contributed by atoms with Crippen LogP contribution in [-0.2, 0) is 9.59 Å². The molecule has 1 rings (SSSR count). The van der Waals surface area contributed by atoms with Gasteiger partial charge < -0.3 is 21.9 Å². The summed E-state index contributed by atoms with van der Waals surface area (Å²) in [6, 6.07) is 5.95. The lowest BCUT2D eigenvalue weighted by Crippen LogP contribution is -2.31. The van der Waals surface area contributed by atoms with Crippen LogP contribution in [0.2, 0.25) is 0 Å². The number of nitrogens with two attached hydrogens (primary N) is 2. The fraction of sp³-hybridized carbons (Fsp3) is 0.273. The number of hydrogen-bond donors (Lipinski definition) is 4. The Bertz CT molecular complexity index is 420. The van der Waals surface area contributed by atoms with Gasteiger partial charge in [-0.25, -0.2) is 4.79 Å². The fourth-order valence-electron chi connectivity index (χ4n) is 1.36. The summed E-state index contributed by atoms with van der Waals surface area (Å²) in [6.07, 6.45) is 0.135. The number of carboxylic acid groups (broad SMARTS) is 1. The third kappa shape index (κ3) is 4.02. The largest absolute Gasteiger partial charge is 0.480 e. The molecule has 0 radical (unpaired) electrons. The Hall–Kier alpha value is -2.24. The molecule has 92 valence electrons. The van der Waals surface area contributed by atoms with E-state index < -0.39 is 17.9 Å². The van der Waals surface area contributed by atoms with E-state index in [1.165, 1.54) is 0 Å². The molecular weight excluding hydrogens is 222 g/mol. The van der Waals surface area contributed by atoms with Crippen molar-refractivity contribution in [1.29, 1.82) is 0 Å². The second-order valence-electron chi connectivity index (χ2n) is 3.63. The molecule has 0 aliphatic rings. The fourth-order valence-corrected chi connectivity index (χ4v) is 1.36. The number of aliphatic carboxylic acids is 1. The van der Waals surface area contributed by atoms with Gasteiger partial charge in [0, 0.05) is 6.42 Å². The summed E-state index contributed by atoms with van der Waals surface area (Å²) in [4.78, 5) is 21.6. The number of amides is 1. The molecule has 1 atom stereocenters. The van der Waals surface area contributed by atoms with Crippen LogP contribution in [0.25, 0.3) is 0 Å². The molecule has 6 heteroatoms. The van der Waals surface area contributed by atoms with Crippen molar-refractivity contribution in [3.63, 3.8) is 0 Å². The number of para-hydroxylation sites is 2. The maximum absolute atomic E-state index is 11.0. The number of anilines is 2. The summed E-state index contributed by atoms with van der Waals surface area (Å²) in [7, 11) is 0. The van der Waals surface area contributed by atoms with Crippen LogP contribution in [-0.4, -0.2) is 23.0 Å². The highest BCUT2D eigenvalue weighted by molar-refractivity contribution is 5.81. The van der Waals surface area contributed by atoms with E-state index in [9.17, 15) is 9.59 Å². The molecule has 17 heavy (non-hydrogen) atoms. The van der Waals surface area contributed by atoms with Gasteiger partial charge in [0.15, 0.2) is 0 Å². The van der Waals surface area contributed by atoms with Crippen molar-refractivity contribution < 1.29 is 14.7 Å². The second kappa shape index (κ2) is 5.74. The third-order valence-electron chi connectivity index (χ3n) is 2.27. The minimum absolute atomic E-state index is 0.0106. The number of carbonyl (C=O) groups excluding carboxylic acids is 1. The van der Waals surface area contributed by atoms with Gasteiger partial charge in [0.1, 0.15) is 6.04 Å². The molecule has 1 aromatic carbocycles. The Morgan fingerprint density at radius 2 is 2.00 bits per heavy atom. The van der Waals surface area contributed by atoms with E-state index in [1.807, 2.05) is 0 Å². The predicted molar refractivity (Wildman–Crippen MR) is 64.3 cm³/mol. The van der Waals surface area contributed by atoms with Crippen molar-refractivity contribution in [1.82, 2.24) is 0 Å². The van der Waals surface area contributed by atoms with Gasteiger partial charge in [0.2, 0.25) is 5.91 Å². The molecule has 0 heterocycles. The molecule has 0 spiro atoms. The van der Waals surface area contributed by atoms with E-state index in [1.54, 1.807) is 24.3 Å². The van der Waals surface area contributed by atoms with Crippen molar-refractivity contribution in [2.24, 2.45) is 5.73 Å². The monoisotopic (exact) mass is 237 g/mol. The Morgan fingerprint density at radius 3 is 2.53 bits per heavy atom. The van der Waals surface area contributed by atoms with Crippen LogP contribution in [0.5, 0.6) is 0 Å². The molecule has 0 bridgehead atoms. The first-order chi connectivity index (χ1) is 8.00. The third-order valence-corrected chi connectivity index (χ3v) is 2.27. The Labute approximate surface area is 98.6 Å². The van der Waals surface area contributed by atoms with E-state index in [0.29, 0.717) is 11.4 Å². The van der Waals surface area contributed by atoms with Crippen molar-refractivity contribution in [3.8, 4) is 0 Å².